The van der Waals surface area contributed by atoms with Gasteiger partial charge in [-0.3, -0.25) is 4.79 Å². The first kappa shape index (κ1) is 9.08. The number of carbonyl (C=O) groups is 1. The van der Waals surface area contributed by atoms with E-state index in [1.54, 1.807) is 11.9 Å². The molecule has 5 heteroatoms. The standard InChI is InChI=1S/C9H12N4O/c1-13(8-4-10-5-8)9(14)7-2-11-6-12-3-7/h2-3,6,8,10H,4-5H2,1H3. The Bertz CT molecular complexity index is 323. The minimum absolute atomic E-state index is 0.0166. The number of hydrogen-bond acceptors (Lipinski definition) is 4. The Balaban J connectivity index is 2.07. The molecule has 1 aromatic rings. The summed E-state index contributed by atoms with van der Waals surface area (Å²) >= 11 is 0. The van der Waals surface area contributed by atoms with Crippen LogP contribution in [-0.4, -0.2) is 47.0 Å². The molecule has 2 rings (SSSR count). The summed E-state index contributed by atoms with van der Waals surface area (Å²) in [7, 11) is 1.81. The van der Waals surface area contributed by atoms with E-state index in [4.69, 9.17) is 0 Å². The molecule has 1 aliphatic rings. The second-order valence-electron chi connectivity index (χ2n) is 3.36. The Kier molecular flexibility index (Phi) is 2.41. The molecule has 14 heavy (non-hydrogen) atoms. The number of aromatic nitrogens is 2. The second kappa shape index (κ2) is 3.71. The maximum absolute atomic E-state index is 11.8. The van der Waals surface area contributed by atoms with Crippen molar-refractivity contribution in [2.45, 2.75) is 6.04 Å². The van der Waals surface area contributed by atoms with E-state index >= 15 is 0 Å². The van der Waals surface area contributed by atoms with Gasteiger partial charge in [-0.1, -0.05) is 0 Å². The molecule has 1 aliphatic heterocycles. The maximum Gasteiger partial charge on any atom is 0.257 e. The Morgan fingerprint density at radius 2 is 2.14 bits per heavy atom. The van der Waals surface area contributed by atoms with E-state index in [1.807, 2.05) is 0 Å². The van der Waals surface area contributed by atoms with Crippen molar-refractivity contribution in [1.29, 1.82) is 0 Å². The van der Waals surface area contributed by atoms with Gasteiger partial charge in [0.1, 0.15) is 6.33 Å². The number of nitrogens with one attached hydrogen (secondary N) is 1. The van der Waals surface area contributed by atoms with Crippen molar-refractivity contribution in [3.05, 3.63) is 24.3 Å². The molecular weight excluding hydrogens is 180 g/mol. The minimum Gasteiger partial charge on any atom is -0.336 e. The second-order valence-corrected chi connectivity index (χ2v) is 3.36. The lowest BCUT2D eigenvalue weighted by atomic mass is 10.1. The van der Waals surface area contributed by atoms with Gasteiger partial charge in [-0.25, -0.2) is 9.97 Å². The van der Waals surface area contributed by atoms with Crippen molar-refractivity contribution in [2.24, 2.45) is 0 Å². The molecule has 74 valence electrons. The number of hydrogen-bond donors (Lipinski definition) is 1. The van der Waals surface area contributed by atoms with Gasteiger partial charge < -0.3 is 10.2 Å². The SMILES string of the molecule is CN(C(=O)c1cncnc1)C1CNC1. The molecule has 0 aliphatic carbocycles. The van der Waals surface area contributed by atoms with E-state index in [1.165, 1.54) is 18.7 Å². The van der Waals surface area contributed by atoms with Crippen molar-refractivity contribution in [2.75, 3.05) is 20.1 Å². The summed E-state index contributed by atoms with van der Waals surface area (Å²) in [6.45, 7) is 1.74. The highest BCUT2D eigenvalue weighted by molar-refractivity contribution is 5.93. The predicted octanol–water partition coefficient (Wildman–Crippen LogP) is -0.480. The largest absolute Gasteiger partial charge is 0.336 e. The van der Waals surface area contributed by atoms with Crippen molar-refractivity contribution in [3.8, 4) is 0 Å². The lowest BCUT2D eigenvalue weighted by Gasteiger charge is -2.35. The molecule has 1 saturated heterocycles. The number of carbonyl (C=O) groups excluding carboxylic acids is 1. The van der Waals surface area contributed by atoms with Crippen LogP contribution in [0.15, 0.2) is 18.7 Å². The van der Waals surface area contributed by atoms with Gasteiger partial charge in [-0.05, 0) is 0 Å². The topological polar surface area (TPSA) is 58.1 Å². The van der Waals surface area contributed by atoms with Crippen molar-refractivity contribution in [1.82, 2.24) is 20.2 Å². The summed E-state index contributed by atoms with van der Waals surface area (Å²) in [5, 5.41) is 3.12. The van der Waals surface area contributed by atoms with Crippen LogP contribution in [0.4, 0.5) is 0 Å². The average molecular weight is 192 g/mol. The third kappa shape index (κ3) is 1.58. The molecule has 0 aromatic carbocycles. The molecular formula is C9H12N4O. The van der Waals surface area contributed by atoms with E-state index in [0.717, 1.165) is 13.1 Å². The molecule has 0 saturated carbocycles. The number of nitrogens with zero attached hydrogens (tertiary/aromatic N) is 3. The lowest BCUT2D eigenvalue weighted by molar-refractivity contribution is 0.0680. The first-order valence-corrected chi connectivity index (χ1v) is 4.52. The maximum atomic E-state index is 11.8. The first-order chi connectivity index (χ1) is 6.79. The van der Waals surface area contributed by atoms with Crippen LogP contribution in [0.3, 0.4) is 0 Å². The molecule has 1 aromatic heterocycles. The molecule has 0 radical (unpaired) electrons. The third-order valence-electron chi connectivity index (χ3n) is 2.44. The third-order valence-corrected chi connectivity index (χ3v) is 2.44. The lowest BCUT2D eigenvalue weighted by Crippen LogP contribution is -2.57. The Hall–Kier alpha value is -1.49. The van der Waals surface area contributed by atoms with Crippen LogP contribution in [0.25, 0.3) is 0 Å². The molecule has 0 spiro atoms. The van der Waals surface area contributed by atoms with E-state index in [0.29, 0.717) is 11.6 Å². The fourth-order valence-electron chi connectivity index (χ4n) is 1.33. The number of rotatable bonds is 2. The summed E-state index contributed by atoms with van der Waals surface area (Å²) in [6.07, 6.45) is 4.50. The van der Waals surface area contributed by atoms with E-state index in [9.17, 15) is 4.79 Å². The fourth-order valence-corrected chi connectivity index (χ4v) is 1.33. The molecule has 1 fully saturated rings. The number of likely N-dealkylation sites (N-methyl/N-ethyl adjacent to an activating group) is 1. The highest BCUT2D eigenvalue weighted by Gasteiger charge is 2.25. The smallest absolute Gasteiger partial charge is 0.257 e. The van der Waals surface area contributed by atoms with Crippen molar-refractivity contribution < 1.29 is 4.79 Å². The zero-order valence-electron chi connectivity index (χ0n) is 7.97. The zero-order valence-corrected chi connectivity index (χ0v) is 7.97. The summed E-state index contributed by atoms with van der Waals surface area (Å²) in [5.41, 5.74) is 0.543. The van der Waals surface area contributed by atoms with Gasteiger partial charge >= 0.3 is 0 Å². The Morgan fingerprint density at radius 1 is 1.50 bits per heavy atom. The molecule has 2 heterocycles. The van der Waals surface area contributed by atoms with Crippen LogP contribution in [0.2, 0.25) is 0 Å². The van der Waals surface area contributed by atoms with Gasteiger partial charge in [0.25, 0.3) is 5.91 Å². The molecule has 1 amide bonds. The van der Waals surface area contributed by atoms with Gasteiger partial charge in [-0.2, -0.15) is 0 Å². The van der Waals surface area contributed by atoms with Gasteiger partial charge in [0.15, 0.2) is 0 Å². The zero-order chi connectivity index (χ0) is 9.97. The quantitative estimate of drug-likeness (QED) is 0.687. The van der Waals surface area contributed by atoms with Crippen LogP contribution >= 0.6 is 0 Å². The van der Waals surface area contributed by atoms with Crippen LogP contribution in [-0.2, 0) is 0 Å². The summed E-state index contributed by atoms with van der Waals surface area (Å²) in [5.74, 6) is -0.0166. The van der Waals surface area contributed by atoms with Gasteiger partial charge in [-0.15, -0.1) is 0 Å². The van der Waals surface area contributed by atoms with Crippen LogP contribution in [0.1, 0.15) is 10.4 Å². The van der Waals surface area contributed by atoms with Crippen LogP contribution < -0.4 is 5.32 Å². The van der Waals surface area contributed by atoms with Crippen molar-refractivity contribution in [3.63, 3.8) is 0 Å². The van der Waals surface area contributed by atoms with E-state index in [2.05, 4.69) is 15.3 Å². The molecule has 0 atom stereocenters. The molecule has 0 bridgehead atoms. The number of amides is 1. The fraction of sp³-hybridized carbons (Fsp3) is 0.444. The van der Waals surface area contributed by atoms with Gasteiger partial charge in [0, 0.05) is 32.5 Å². The van der Waals surface area contributed by atoms with E-state index in [-0.39, 0.29) is 5.91 Å². The van der Waals surface area contributed by atoms with Crippen molar-refractivity contribution >= 4 is 5.91 Å². The monoisotopic (exact) mass is 192 g/mol. The Labute approximate surface area is 82.2 Å². The summed E-state index contributed by atoms with van der Waals surface area (Å²) in [6, 6.07) is 0.308. The predicted molar refractivity (Wildman–Crippen MR) is 50.8 cm³/mol. The minimum atomic E-state index is -0.0166. The van der Waals surface area contributed by atoms with Gasteiger partial charge in [0.2, 0.25) is 0 Å². The highest BCUT2D eigenvalue weighted by atomic mass is 16.2. The summed E-state index contributed by atoms with van der Waals surface area (Å²) < 4.78 is 0. The van der Waals surface area contributed by atoms with Crippen LogP contribution in [0.5, 0.6) is 0 Å². The highest BCUT2D eigenvalue weighted by Crippen LogP contribution is 2.07. The van der Waals surface area contributed by atoms with Gasteiger partial charge in [0.05, 0.1) is 11.6 Å². The Morgan fingerprint density at radius 3 is 2.64 bits per heavy atom. The average Bonchev–Trinajstić information content (AvgIpc) is 2.15. The normalized spacial score (nSPS) is 16.1. The molecule has 5 nitrogen and oxygen atoms in total. The van der Waals surface area contributed by atoms with E-state index < -0.39 is 0 Å². The first-order valence-electron chi connectivity index (χ1n) is 4.52. The van der Waals surface area contributed by atoms with Crippen LogP contribution in [0, 0.1) is 0 Å². The molecule has 1 N–H and O–H groups in total. The summed E-state index contributed by atoms with van der Waals surface area (Å²) in [4.78, 5) is 21.2. The molecule has 0 unspecified atom stereocenters.